The number of nitrogens with one attached hydrogen (secondary N) is 1. The van der Waals surface area contributed by atoms with Crippen molar-refractivity contribution in [2.45, 2.75) is 25.3 Å². The first-order valence-electron chi connectivity index (χ1n) is 8.67. The summed E-state index contributed by atoms with van der Waals surface area (Å²) in [5.41, 5.74) is 7.06. The van der Waals surface area contributed by atoms with Crippen molar-refractivity contribution in [3.05, 3.63) is 52.6 Å². The molecule has 0 spiro atoms. The maximum absolute atomic E-state index is 11.9. The minimum atomic E-state index is -0.945. The first kappa shape index (κ1) is 17.9. The maximum atomic E-state index is 11.9. The van der Waals surface area contributed by atoms with Crippen LogP contribution >= 0.6 is 0 Å². The molecule has 26 heavy (non-hydrogen) atoms. The number of piperidine rings is 1. The number of hydrogen-bond donors (Lipinski definition) is 3. The first-order chi connectivity index (χ1) is 12.5. The van der Waals surface area contributed by atoms with E-state index >= 15 is 0 Å². The molecule has 0 saturated carbocycles. The fraction of sp³-hybridized carbons (Fsp3) is 0.389. The number of benzene rings is 1. The Labute approximate surface area is 151 Å². The van der Waals surface area contributed by atoms with Crippen LogP contribution in [0.2, 0.25) is 0 Å². The highest BCUT2D eigenvalue weighted by Gasteiger charge is 2.19. The number of nitrogen functional groups attached to an aromatic ring is 1. The van der Waals surface area contributed by atoms with E-state index in [1.54, 1.807) is 12.3 Å². The molecule has 0 bridgehead atoms. The minimum absolute atomic E-state index is 0.0647. The summed E-state index contributed by atoms with van der Waals surface area (Å²) < 4.78 is 1.46. The van der Waals surface area contributed by atoms with Gasteiger partial charge >= 0.3 is 11.8 Å². The predicted octanol–water partition coefficient (Wildman–Crippen LogP) is 1.09. The van der Waals surface area contributed by atoms with Crippen LogP contribution in [0.4, 0.5) is 10.6 Å². The number of carboxylic acid groups (broad SMARTS) is 1. The average Bonchev–Trinajstić information content (AvgIpc) is 2.61. The molecule has 0 atom stereocenters. The zero-order chi connectivity index (χ0) is 18.5. The number of aromatic nitrogens is 2. The van der Waals surface area contributed by atoms with Gasteiger partial charge in [-0.05, 0) is 43.0 Å². The van der Waals surface area contributed by atoms with Crippen molar-refractivity contribution in [3.63, 3.8) is 0 Å². The summed E-state index contributed by atoms with van der Waals surface area (Å²) in [6.07, 6.45) is 3.27. The summed E-state index contributed by atoms with van der Waals surface area (Å²) in [7, 11) is 0. The lowest BCUT2D eigenvalue weighted by atomic mass is 10.0. The zero-order valence-electron chi connectivity index (χ0n) is 14.5. The molecule has 2 heterocycles. The van der Waals surface area contributed by atoms with Gasteiger partial charge in [0.05, 0.1) is 5.69 Å². The van der Waals surface area contributed by atoms with E-state index in [1.807, 2.05) is 24.3 Å². The molecule has 1 saturated heterocycles. The highest BCUT2D eigenvalue weighted by Crippen LogP contribution is 2.13. The Hall–Kier alpha value is -2.87. The fourth-order valence-corrected chi connectivity index (χ4v) is 3.20. The van der Waals surface area contributed by atoms with E-state index in [1.165, 1.54) is 10.1 Å². The van der Waals surface area contributed by atoms with Crippen molar-refractivity contribution in [1.29, 1.82) is 0 Å². The number of nitrogens with zero attached hydrogens (tertiary/aromatic N) is 3. The van der Waals surface area contributed by atoms with Gasteiger partial charge in [-0.15, -0.1) is 0 Å². The minimum Gasteiger partial charge on any atom is -0.465 e. The van der Waals surface area contributed by atoms with Crippen molar-refractivity contribution in [1.82, 2.24) is 19.8 Å². The van der Waals surface area contributed by atoms with E-state index < -0.39 is 11.8 Å². The third kappa shape index (κ3) is 4.60. The SMILES string of the molecule is Nc1ccn(-c2ccc(CCN3CCC(NC(=O)O)CC3)cc2)c(=O)n1. The van der Waals surface area contributed by atoms with Crippen LogP contribution in [0.1, 0.15) is 18.4 Å². The molecule has 1 amide bonds. The largest absolute Gasteiger partial charge is 0.465 e. The zero-order valence-corrected chi connectivity index (χ0v) is 14.5. The number of rotatable bonds is 5. The second-order valence-corrected chi connectivity index (χ2v) is 6.49. The molecule has 1 aromatic carbocycles. The Balaban J connectivity index is 1.52. The van der Waals surface area contributed by atoms with Gasteiger partial charge in [0.15, 0.2) is 0 Å². The van der Waals surface area contributed by atoms with Crippen LogP contribution < -0.4 is 16.7 Å². The molecular formula is C18H23N5O3. The second kappa shape index (κ2) is 8.01. The van der Waals surface area contributed by atoms with Crippen molar-refractivity contribution in [2.75, 3.05) is 25.4 Å². The van der Waals surface area contributed by atoms with Gasteiger partial charge in [0.25, 0.3) is 0 Å². The van der Waals surface area contributed by atoms with Gasteiger partial charge in [-0.3, -0.25) is 4.57 Å². The van der Waals surface area contributed by atoms with Gasteiger partial charge in [-0.2, -0.15) is 4.98 Å². The molecule has 8 nitrogen and oxygen atoms in total. The smallest absolute Gasteiger partial charge is 0.404 e. The van der Waals surface area contributed by atoms with E-state index in [2.05, 4.69) is 15.2 Å². The molecule has 138 valence electrons. The van der Waals surface area contributed by atoms with Crippen LogP contribution in [-0.4, -0.2) is 51.3 Å². The van der Waals surface area contributed by atoms with E-state index in [0.29, 0.717) is 0 Å². The normalized spacial score (nSPS) is 15.7. The second-order valence-electron chi connectivity index (χ2n) is 6.49. The quantitative estimate of drug-likeness (QED) is 0.738. The van der Waals surface area contributed by atoms with Gasteiger partial charge in [-0.25, -0.2) is 9.59 Å². The van der Waals surface area contributed by atoms with Gasteiger partial charge in [0.1, 0.15) is 5.82 Å². The number of amides is 1. The Morgan fingerprint density at radius 1 is 1.23 bits per heavy atom. The van der Waals surface area contributed by atoms with Gasteiger partial charge < -0.3 is 21.1 Å². The van der Waals surface area contributed by atoms with Crippen LogP contribution in [0.15, 0.2) is 41.3 Å². The molecule has 1 aliphatic heterocycles. The number of carbonyl (C=O) groups is 1. The first-order valence-corrected chi connectivity index (χ1v) is 8.67. The lowest BCUT2D eigenvalue weighted by Gasteiger charge is -2.31. The highest BCUT2D eigenvalue weighted by molar-refractivity contribution is 5.64. The van der Waals surface area contributed by atoms with Crippen molar-refractivity contribution in [3.8, 4) is 5.69 Å². The van der Waals surface area contributed by atoms with Gasteiger partial charge in [-0.1, -0.05) is 12.1 Å². The lowest BCUT2D eigenvalue weighted by Crippen LogP contribution is -2.44. The predicted molar refractivity (Wildman–Crippen MR) is 98.6 cm³/mol. The summed E-state index contributed by atoms with van der Waals surface area (Å²) in [4.78, 5) is 28.6. The maximum Gasteiger partial charge on any atom is 0.404 e. The molecule has 2 aromatic rings. The standard InChI is InChI=1S/C18H23N5O3/c19-16-8-12-23(17(24)21-16)15-3-1-13(2-4-15)5-9-22-10-6-14(7-11-22)20-18(25)26/h1-4,8,12,14,20H,5-7,9-11H2,(H,25,26)(H2,19,21,24). The molecular weight excluding hydrogens is 334 g/mol. The number of nitrogens with two attached hydrogens (primary N) is 1. The van der Waals surface area contributed by atoms with E-state index in [4.69, 9.17) is 10.8 Å². The van der Waals surface area contributed by atoms with Crippen molar-refractivity contribution >= 4 is 11.9 Å². The lowest BCUT2D eigenvalue weighted by molar-refractivity contribution is 0.169. The molecule has 0 unspecified atom stereocenters. The Kier molecular flexibility index (Phi) is 5.52. The van der Waals surface area contributed by atoms with Crippen molar-refractivity contribution in [2.24, 2.45) is 0 Å². The molecule has 1 aliphatic rings. The summed E-state index contributed by atoms with van der Waals surface area (Å²) >= 11 is 0. The highest BCUT2D eigenvalue weighted by atomic mass is 16.4. The third-order valence-electron chi connectivity index (χ3n) is 4.67. The average molecular weight is 357 g/mol. The molecule has 0 aliphatic carbocycles. The van der Waals surface area contributed by atoms with Gasteiger partial charge in [0, 0.05) is 31.9 Å². The molecule has 1 aromatic heterocycles. The molecule has 1 fully saturated rings. The van der Waals surface area contributed by atoms with E-state index in [0.717, 1.165) is 44.6 Å². The Morgan fingerprint density at radius 2 is 1.92 bits per heavy atom. The van der Waals surface area contributed by atoms with Crippen LogP contribution in [0.5, 0.6) is 0 Å². The monoisotopic (exact) mass is 357 g/mol. The summed E-state index contributed by atoms with van der Waals surface area (Å²) in [5, 5.41) is 11.3. The van der Waals surface area contributed by atoms with E-state index in [9.17, 15) is 9.59 Å². The van der Waals surface area contributed by atoms with Crippen LogP contribution in [-0.2, 0) is 6.42 Å². The Morgan fingerprint density at radius 3 is 2.54 bits per heavy atom. The van der Waals surface area contributed by atoms with Crippen LogP contribution in [0, 0.1) is 0 Å². The number of hydrogen-bond acceptors (Lipinski definition) is 5. The topological polar surface area (TPSA) is 113 Å². The fourth-order valence-electron chi connectivity index (χ4n) is 3.20. The number of likely N-dealkylation sites (tertiary alicyclic amines) is 1. The number of anilines is 1. The van der Waals surface area contributed by atoms with Gasteiger partial charge in [0.2, 0.25) is 0 Å². The molecule has 4 N–H and O–H groups in total. The third-order valence-corrected chi connectivity index (χ3v) is 4.67. The summed E-state index contributed by atoms with van der Waals surface area (Å²) in [6, 6.07) is 9.48. The van der Waals surface area contributed by atoms with E-state index in [-0.39, 0.29) is 11.9 Å². The molecule has 8 heteroatoms. The summed E-state index contributed by atoms with van der Waals surface area (Å²) in [6.45, 7) is 2.73. The summed E-state index contributed by atoms with van der Waals surface area (Å²) in [5.74, 6) is 0.213. The molecule has 3 rings (SSSR count). The van der Waals surface area contributed by atoms with Crippen molar-refractivity contribution < 1.29 is 9.90 Å². The van der Waals surface area contributed by atoms with Crippen LogP contribution in [0.25, 0.3) is 5.69 Å². The Bertz CT molecular complexity index is 810. The van der Waals surface area contributed by atoms with Crippen LogP contribution in [0.3, 0.4) is 0 Å². The molecule has 0 radical (unpaired) electrons.